The second-order valence-electron chi connectivity index (χ2n) is 9.81. The van der Waals surface area contributed by atoms with Gasteiger partial charge in [0.15, 0.2) is 25.6 Å². The van der Waals surface area contributed by atoms with Gasteiger partial charge in [0.1, 0.15) is 18.8 Å². The quantitative estimate of drug-likeness (QED) is 0.208. The number of ether oxygens (including phenoxy) is 4. The molecule has 5 atom stereocenters. The second kappa shape index (κ2) is 13.8. The molecular weight excluding hydrogens is 577 g/mol. The first-order valence-corrected chi connectivity index (χ1v) is 15.2. The maximum Gasteiger partial charge on any atom is 0.303 e. The van der Waals surface area contributed by atoms with Crippen LogP contribution >= 0.6 is 7.14 Å². The summed E-state index contributed by atoms with van der Waals surface area (Å²) in [7, 11) is -3.59. The molecule has 1 fully saturated rings. The van der Waals surface area contributed by atoms with E-state index in [2.05, 4.69) is 5.32 Å². The Bertz CT molecular complexity index is 1470. The summed E-state index contributed by atoms with van der Waals surface area (Å²) in [5.41, 5.74) is 0.0402. The Morgan fingerprint density at radius 2 is 1.28 bits per heavy atom. The van der Waals surface area contributed by atoms with Crippen LogP contribution < -0.4 is 21.2 Å². The fraction of sp³-hybridized carbons (Fsp3) is 0.290. The number of aliphatic hydroxyl groups excluding tert-OH is 1. The summed E-state index contributed by atoms with van der Waals surface area (Å²) < 4.78 is 36.4. The van der Waals surface area contributed by atoms with E-state index in [0.717, 1.165) is 20.8 Å². The van der Waals surface area contributed by atoms with Crippen LogP contribution in [0, 0.1) is 0 Å². The molecule has 3 aromatic rings. The first-order chi connectivity index (χ1) is 20.5. The van der Waals surface area contributed by atoms with Gasteiger partial charge in [-0.15, -0.1) is 0 Å². The van der Waals surface area contributed by atoms with E-state index in [-0.39, 0.29) is 10.9 Å². The van der Waals surface area contributed by atoms with E-state index in [0.29, 0.717) is 10.6 Å². The van der Waals surface area contributed by atoms with Crippen molar-refractivity contribution in [1.29, 1.82) is 0 Å². The van der Waals surface area contributed by atoms with Crippen molar-refractivity contribution in [1.82, 2.24) is 5.32 Å². The van der Waals surface area contributed by atoms with E-state index >= 15 is 4.57 Å². The highest BCUT2D eigenvalue weighted by Crippen LogP contribution is 2.43. The summed E-state index contributed by atoms with van der Waals surface area (Å²) in [5, 5.41) is 14.8. The number of rotatable bonds is 9. The number of nitrogens with one attached hydrogen (secondary N) is 1. The molecule has 43 heavy (non-hydrogen) atoms. The van der Waals surface area contributed by atoms with E-state index in [4.69, 9.17) is 18.9 Å². The Labute approximate surface area is 248 Å². The molecule has 3 unspecified atom stereocenters. The van der Waals surface area contributed by atoms with Crippen molar-refractivity contribution < 1.29 is 47.8 Å². The van der Waals surface area contributed by atoms with Crippen LogP contribution in [-0.2, 0) is 37.9 Å². The number of hydrogen-bond donors (Lipinski definition) is 2. The summed E-state index contributed by atoms with van der Waals surface area (Å²) >= 11 is 0. The van der Waals surface area contributed by atoms with Gasteiger partial charge in [0, 0.05) is 36.7 Å². The standard InChI is InChI=1S/C31H32NO10P/c1-19(33)39-18-25-28(40-20(2)34)29(41-21(3)35)27(31(37)42-25)32-30(36)24-16-10-11-17-26(24)43(38,22-12-6-4-7-13-22)23-14-8-5-9-15-23/h4-17,25,27-29,31,37H,18H2,1-3H3,(H,32,36)/t25?,27-,28+,29?,31?/m0/s1. The van der Waals surface area contributed by atoms with Crippen LogP contribution in [0.5, 0.6) is 0 Å². The van der Waals surface area contributed by atoms with Crippen LogP contribution in [0.1, 0.15) is 31.1 Å². The molecule has 12 heteroatoms. The Balaban J connectivity index is 1.75. The van der Waals surface area contributed by atoms with Crippen LogP contribution in [0.2, 0.25) is 0 Å². The molecule has 0 radical (unpaired) electrons. The largest absolute Gasteiger partial charge is 0.463 e. The van der Waals surface area contributed by atoms with Gasteiger partial charge in [-0.05, 0) is 6.07 Å². The second-order valence-corrected chi connectivity index (χ2v) is 12.5. The minimum Gasteiger partial charge on any atom is -0.463 e. The molecule has 1 aliphatic rings. The molecule has 2 N–H and O–H groups in total. The molecule has 1 heterocycles. The summed E-state index contributed by atoms with van der Waals surface area (Å²) in [4.78, 5) is 49.4. The maximum atomic E-state index is 15.0. The highest BCUT2D eigenvalue weighted by Gasteiger charge is 2.51. The number of aliphatic hydroxyl groups is 1. The zero-order chi connectivity index (χ0) is 31.1. The predicted octanol–water partition coefficient (Wildman–Crippen LogP) is 1.57. The molecule has 1 saturated heterocycles. The zero-order valence-electron chi connectivity index (χ0n) is 23.7. The van der Waals surface area contributed by atoms with Gasteiger partial charge in [0.25, 0.3) is 5.91 Å². The van der Waals surface area contributed by atoms with Crippen LogP contribution in [0.25, 0.3) is 0 Å². The molecule has 0 aromatic heterocycles. The van der Waals surface area contributed by atoms with Crippen molar-refractivity contribution >= 4 is 46.9 Å². The highest BCUT2D eigenvalue weighted by molar-refractivity contribution is 7.85. The normalized spacial score (nSPS) is 21.7. The third-order valence-corrected chi connectivity index (χ3v) is 9.87. The molecule has 0 spiro atoms. The van der Waals surface area contributed by atoms with Crippen molar-refractivity contribution in [3.63, 3.8) is 0 Å². The number of carbonyl (C=O) groups is 4. The minimum absolute atomic E-state index is 0.0402. The van der Waals surface area contributed by atoms with E-state index in [1.807, 2.05) is 0 Å². The average molecular weight is 610 g/mol. The minimum atomic E-state index is -3.59. The molecular formula is C31H32NO10P. The number of carbonyl (C=O) groups excluding carboxylic acids is 4. The molecule has 226 valence electrons. The zero-order valence-corrected chi connectivity index (χ0v) is 24.6. The van der Waals surface area contributed by atoms with E-state index in [1.54, 1.807) is 78.9 Å². The van der Waals surface area contributed by atoms with Gasteiger partial charge in [-0.25, -0.2) is 0 Å². The van der Waals surface area contributed by atoms with Gasteiger partial charge in [0.05, 0.1) is 5.56 Å². The molecule has 0 saturated carbocycles. The number of benzene rings is 3. The highest BCUT2D eigenvalue weighted by atomic mass is 31.2. The Morgan fingerprint density at radius 1 is 0.767 bits per heavy atom. The van der Waals surface area contributed by atoms with Gasteiger partial charge < -0.3 is 33.9 Å². The lowest BCUT2D eigenvalue weighted by atomic mass is 9.96. The average Bonchev–Trinajstić information content (AvgIpc) is 2.99. The van der Waals surface area contributed by atoms with E-state index in [1.165, 1.54) is 6.07 Å². The van der Waals surface area contributed by atoms with Crippen molar-refractivity contribution in [2.24, 2.45) is 0 Å². The lowest BCUT2D eigenvalue weighted by Crippen LogP contribution is -2.66. The van der Waals surface area contributed by atoms with Gasteiger partial charge in [-0.1, -0.05) is 78.9 Å². The summed E-state index contributed by atoms with van der Waals surface area (Å²) in [5.74, 6) is -2.97. The van der Waals surface area contributed by atoms with Crippen molar-refractivity contribution in [2.45, 2.75) is 51.4 Å². The Kier molecular flexibility index (Phi) is 10.1. The molecule has 4 rings (SSSR count). The summed E-state index contributed by atoms with van der Waals surface area (Å²) in [6, 6.07) is 22.5. The SMILES string of the molecule is CC(=O)OCC1OC(O)[C@@H](NC(=O)c2ccccc2P(=O)(c2ccccc2)c2ccccc2)C(OC(C)=O)[C@@H]1OC(C)=O. The van der Waals surface area contributed by atoms with E-state index < -0.39 is 68.2 Å². The van der Waals surface area contributed by atoms with Crippen molar-refractivity contribution in [3.05, 3.63) is 90.5 Å². The fourth-order valence-electron chi connectivity index (χ4n) is 4.95. The number of amides is 1. The maximum absolute atomic E-state index is 15.0. The number of esters is 3. The van der Waals surface area contributed by atoms with Gasteiger partial charge >= 0.3 is 17.9 Å². The first kappa shape index (κ1) is 31.6. The van der Waals surface area contributed by atoms with Crippen LogP contribution in [-0.4, -0.2) is 66.2 Å². The molecule has 11 nitrogen and oxygen atoms in total. The first-order valence-electron chi connectivity index (χ1n) is 13.5. The molecule has 3 aromatic carbocycles. The van der Waals surface area contributed by atoms with Crippen molar-refractivity contribution in [3.8, 4) is 0 Å². The molecule has 0 bridgehead atoms. The van der Waals surface area contributed by atoms with Gasteiger partial charge in [-0.3, -0.25) is 19.2 Å². The van der Waals surface area contributed by atoms with Gasteiger partial charge in [-0.2, -0.15) is 0 Å². The number of hydrogen-bond acceptors (Lipinski definition) is 10. The van der Waals surface area contributed by atoms with Gasteiger partial charge in [0.2, 0.25) is 0 Å². The van der Waals surface area contributed by atoms with Crippen LogP contribution in [0.3, 0.4) is 0 Å². The smallest absolute Gasteiger partial charge is 0.303 e. The van der Waals surface area contributed by atoms with Crippen LogP contribution in [0.15, 0.2) is 84.9 Å². The topological polar surface area (TPSA) is 155 Å². The Hall–Kier alpha value is -4.31. The Morgan fingerprint density at radius 3 is 1.81 bits per heavy atom. The van der Waals surface area contributed by atoms with Crippen LogP contribution in [0.4, 0.5) is 0 Å². The molecule has 0 aliphatic carbocycles. The lowest BCUT2D eigenvalue weighted by molar-refractivity contribution is -0.263. The third kappa shape index (κ3) is 7.19. The predicted molar refractivity (Wildman–Crippen MR) is 156 cm³/mol. The lowest BCUT2D eigenvalue weighted by Gasteiger charge is -2.43. The monoisotopic (exact) mass is 609 g/mol. The summed E-state index contributed by atoms with van der Waals surface area (Å²) in [6.45, 7) is 2.96. The third-order valence-electron chi connectivity index (χ3n) is 6.75. The summed E-state index contributed by atoms with van der Waals surface area (Å²) in [6.07, 6.45) is -5.78. The fourth-order valence-corrected chi connectivity index (χ4v) is 7.80. The van der Waals surface area contributed by atoms with Crippen molar-refractivity contribution in [2.75, 3.05) is 6.61 Å². The molecule has 1 aliphatic heterocycles. The van der Waals surface area contributed by atoms with E-state index in [9.17, 15) is 24.3 Å². The molecule has 1 amide bonds.